The molecule has 6 nitrogen and oxygen atoms in total. The number of nitrogens with one attached hydrogen (secondary N) is 2. The number of nitrogens with zero attached hydrogens (tertiary/aromatic N) is 3. The summed E-state index contributed by atoms with van der Waals surface area (Å²) in [7, 11) is 3.89. The minimum absolute atomic E-state index is 0.154. The highest BCUT2D eigenvalue weighted by Crippen LogP contribution is 2.31. The summed E-state index contributed by atoms with van der Waals surface area (Å²) in [5, 5.41) is 5.57. The Hall–Kier alpha value is -2.68. The molecule has 2 rings (SSSR count). The van der Waals surface area contributed by atoms with E-state index in [-0.39, 0.29) is 23.1 Å². The van der Waals surface area contributed by atoms with Crippen LogP contribution in [0.2, 0.25) is 0 Å². The van der Waals surface area contributed by atoms with E-state index >= 15 is 0 Å². The Kier molecular flexibility index (Phi) is 6.73. The normalized spacial score (nSPS) is 11.5. The second-order valence-corrected chi connectivity index (χ2v) is 6.30. The van der Waals surface area contributed by atoms with Crippen LogP contribution < -0.4 is 10.6 Å². The summed E-state index contributed by atoms with van der Waals surface area (Å²) in [5.41, 5.74) is -0.390. The maximum Gasteiger partial charge on any atom is 0.416 e. The van der Waals surface area contributed by atoms with Gasteiger partial charge in [0.05, 0.1) is 5.56 Å². The highest BCUT2D eigenvalue weighted by molar-refractivity contribution is 5.93. The number of aromatic nitrogens is 2. The van der Waals surface area contributed by atoms with Gasteiger partial charge in [-0.3, -0.25) is 4.79 Å². The van der Waals surface area contributed by atoms with Crippen LogP contribution >= 0.6 is 0 Å². The second-order valence-electron chi connectivity index (χ2n) is 6.30. The van der Waals surface area contributed by atoms with Gasteiger partial charge in [0.1, 0.15) is 17.3 Å². The van der Waals surface area contributed by atoms with E-state index in [1.165, 1.54) is 18.2 Å². The zero-order valence-electron chi connectivity index (χ0n) is 15.4. The number of carbonyl (C=O) groups excluding carboxylic acids is 1. The van der Waals surface area contributed by atoms with Crippen LogP contribution in [0.15, 0.2) is 30.3 Å². The van der Waals surface area contributed by atoms with E-state index in [1.54, 1.807) is 6.92 Å². The Morgan fingerprint density at radius 1 is 1.19 bits per heavy atom. The molecule has 2 aromatic rings. The molecule has 9 heteroatoms. The van der Waals surface area contributed by atoms with Crippen molar-refractivity contribution in [2.24, 2.45) is 0 Å². The third-order valence-corrected chi connectivity index (χ3v) is 3.60. The van der Waals surface area contributed by atoms with E-state index < -0.39 is 11.7 Å². The number of benzene rings is 1. The van der Waals surface area contributed by atoms with Crippen molar-refractivity contribution >= 4 is 17.4 Å². The Balaban J connectivity index is 2.10. The minimum Gasteiger partial charge on any atom is -0.351 e. The van der Waals surface area contributed by atoms with Gasteiger partial charge >= 0.3 is 6.18 Å². The molecule has 0 aliphatic carbocycles. The summed E-state index contributed by atoms with van der Waals surface area (Å²) >= 11 is 0. The zero-order valence-corrected chi connectivity index (χ0v) is 15.4. The van der Waals surface area contributed by atoms with E-state index in [1.807, 2.05) is 19.0 Å². The third kappa shape index (κ3) is 6.52. The molecule has 0 bridgehead atoms. The topological polar surface area (TPSA) is 70.2 Å². The van der Waals surface area contributed by atoms with Gasteiger partial charge in [0.25, 0.3) is 5.91 Å². The maximum absolute atomic E-state index is 12.8. The van der Waals surface area contributed by atoms with Gasteiger partial charge in [-0.2, -0.15) is 13.2 Å². The molecular weight excluding hydrogens is 359 g/mol. The Morgan fingerprint density at radius 2 is 1.93 bits per heavy atom. The van der Waals surface area contributed by atoms with Crippen molar-refractivity contribution < 1.29 is 18.0 Å². The molecule has 0 spiro atoms. The van der Waals surface area contributed by atoms with E-state index in [4.69, 9.17) is 0 Å². The van der Waals surface area contributed by atoms with Gasteiger partial charge in [0.15, 0.2) is 0 Å². The van der Waals surface area contributed by atoms with Crippen LogP contribution in [0.4, 0.5) is 24.7 Å². The molecule has 1 aromatic carbocycles. The maximum atomic E-state index is 12.8. The predicted molar refractivity (Wildman–Crippen MR) is 97.0 cm³/mol. The van der Waals surface area contributed by atoms with Crippen LogP contribution in [-0.2, 0) is 6.18 Å². The number of aryl methyl sites for hydroxylation is 1. The molecule has 0 fully saturated rings. The molecular formula is C18H22F3N5O. The Morgan fingerprint density at radius 3 is 2.59 bits per heavy atom. The van der Waals surface area contributed by atoms with Crippen LogP contribution in [0.5, 0.6) is 0 Å². The van der Waals surface area contributed by atoms with Gasteiger partial charge in [-0.1, -0.05) is 6.07 Å². The summed E-state index contributed by atoms with van der Waals surface area (Å²) in [5.74, 6) is 0.233. The zero-order chi connectivity index (χ0) is 20.0. The first-order chi connectivity index (χ1) is 12.6. The number of amides is 1. The van der Waals surface area contributed by atoms with Crippen molar-refractivity contribution in [1.29, 1.82) is 0 Å². The third-order valence-electron chi connectivity index (χ3n) is 3.60. The minimum atomic E-state index is -4.43. The molecule has 146 valence electrons. The second kappa shape index (κ2) is 8.81. The quantitative estimate of drug-likeness (QED) is 0.721. The van der Waals surface area contributed by atoms with Crippen molar-refractivity contribution in [2.45, 2.75) is 19.5 Å². The highest BCUT2D eigenvalue weighted by atomic mass is 19.4. The number of alkyl halides is 3. The fourth-order valence-corrected chi connectivity index (χ4v) is 2.36. The SMILES string of the molecule is Cc1nc(Nc2cccc(C(F)(F)F)c2)cc(C(=O)NCCCN(C)C)n1. The van der Waals surface area contributed by atoms with Gasteiger partial charge < -0.3 is 15.5 Å². The molecule has 0 saturated heterocycles. The van der Waals surface area contributed by atoms with Crippen molar-refractivity contribution in [2.75, 3.05) is 32.5 Å². The lowest BCUT2D eigenvalue weighted by molar-refractivity contribution is -0.137. The standard InChI is InChI=1S/C18H22F3N5O/c1-12-23-15(17(27)22-8-5-9-26(2)3)11-16(24-12)25-14-7-4-6-13(10-14)18(19,20)21/h4,6-7,10-11H,5,8-9H2,1-3H3,(H,22,27)(H,23,24,25). The summed E-state index contributed by atoms with van der Waals surface area (Å²) in [6.07, 6.45) is -3.64. The number of halogens is 3. The molecule has 2 N–H and O–H groups in total. The summed E-state index contributed by atoms with van der Waals surface area (Å²) in [6.45, 7) is 2.95. The molecule has 27 heavy (non-hydrogen) atoms. The van der Waals surface area contributed by atoms with Crippen molar-refractivity contribution in [3.05, 3.63) is 47.4 Å². The molecule has 0 aliphatic heterocycles. The number of hydrogen-bond acceptors (Lipinski definition) is 5. The summed E-state index contributed by atoms with van der Waals surface area (Å²) in [4.78, 5) is 22.5. The van der Waals surface area contributed by atoms with Gasteiger partial charge in [0, 0.05) is 18.3 Å². The average Bonchev–Trinajstić information content (AvgIpc) is 2.57. The summed E-state index contributed by atoms with van der Waals surface area (Å²) < 4.78 is 38.5. The Bertz CT molecular complexity index is 793. The lowest BCUT2D eigenvalue weighted by Gasteiger charge is -2.12. The average molecular weight is 381 g/mol. The molecule has 0 atom stereocenters. The molecule has 0 unspecified atom stereocenters. The fraction of sp³-hybridized carbons (Fsp3) is 0.389. The Labute approximate surface area is 155 Å². The lowest BCUT2D eigenvalue weighted by Crippen LogP contribution is -2.28. The van der Waals surface area contributed by atoms with Crippen LogP contribution in [0, 0.1) is 6.92 Å². The van der Waals surface area contributed by atoms with Crippen molar-refractivity contribution in [1.82, 2.24) is 20.2 Å². The van der Waals surface area contributed by atoms with Crippen LogP contribution in [0.3, 0.4) is 0 Å². The predicted octanol–water partition coefficient (Wildman–Crippen LogP) is 3.23. The molecule has 0 radical (unpaired) electrons. The largest absolute Gasteiger partial charge is 0.416 e. The number of carbonyl (C=O) groups is 1. The molecule has 1 amide bonds. The monoisotopic (exact) mass is 381 g/mol. The van der Waals surface area contributed by atoms with E-state index in [0.717, 1.165) is 25.1 Å². The van der Waals surface area contributed by atoms with Crippen LogP contribution in [0.25, 0.3) is 0 Å². The number of hydrogen-bond donors (Lipinski definition) is 2. The highest BCUT2D eigenvalue weighted by Gasteiger charge is 2.30. The van der Waals surface area contributed by atoms with Gasteiger partial charge in [-0.25, -0.2) is 9.97 Å². The lowest BCUT2D eigenvalue weighted by atomic mass is 10.2. The smallest absolute Gasteiger partial charge is 0.351 e. The van der Waals surface area contributed by atoms with Crippen molar-refractivity contribution in [3.63, 3.8) is 0 Å². The van der Waals surface area contributed by atoms with E-state index in [9.17, 15) is 18.0 Å². The van der Waals surface area contributed by atoms with Gasteiger partial charge in [0.2, 0.25) is 0 Å². The van der Waals surface area contributed by atoms with Crippen LogP contribution in [-0.4, -0.2) is 48.0 Å². The fourth-order valence-electron chi connectivity index (χ4n) is 2.36. The molecule has 0 saturated carbocycles. The van der Waals surface area contributed by atoms with E-state index in [2.05, 4.69) is 20.6 Å². The molecule has 1 heterocycles. The van der Waals surface area contributed by atoms with Gasteiger partial charge in [-0.15, -0.1) is 0 Å². The number of rotatable bonds is 7. The number of anilines is 2. The first-order valence-electron chi connectivity index (χ1n) is 8.38. The molecule has 0 aliphatic rings. The van der Waals surface area contributed by atoms with Crippen molar-refractivity contribution in [3.8, 4) is 0 Å². The van der Waals surface area contributed by atoms with E-state index in [0.29, 0.717) is 12.4 Å². The summed E-state index contributed by atoms with van der Waals surface area (Å²) in [6, 6.07) is 6.18. The molecule has 1 aromatic heterocycles. The van der Waals surface area contributed by atoms with Gasteiger partial charge in [-0.05, 0) is 52.2 Å². The first kappa shape index (κ1) is 20.6. The van der Waals surface area contributed by atoms with Crippen LogP contribution in [0.1, 0.15) is 28.3 Å². The first-order valence-corrected chi connectivity index (χ1v) is 8.38.